The number of esters is 1. The Morgan fingerprint density at radius 2 is 2.00 bits per heavy atom. The van der Waals surface area contributed by atoms with Crippen molar-refractivity contribution in [3.8, 4) is 5.75 Å². The second kappa shape index (κ2) is 6.95. The van der Waals surface area contributed by atoms with Crippen LogP contribution < -0.4 is 4.74 Å². The molecule has 0 radical (unpaired) electrons. The third-order valence-corrected chi connectivity index (χ3v) is 3.08. The van der Waals surface area contributed by atoms with E-state index < -0.39 is 5.97 Å². The number of rotatable bonds is 6. The van der Waals surface area contributed by atoms with Crippen LogP contribution in [-0.4, -0.2) is 24.8 Å². The molecule has 2 rings (SSSR count). The fourth-order valence-electron chi connectivity index (χ4n) is 1.96. The maximum Gasteiger partial charge on any atom is 0.341 e. The highest BCUT2D eigenvalue weighted by Crippen LogP contribution is 2.19. The molecule has 21 heavy (non-hydrogen) atoms. The summed E-state index contributed by atoms with van der Waals surface area (Å²) >= 11 is 0. The third kappa shape index (κ3) is 3.86. The molecule has 1 aromatic carbocycles. The normalized spacial score (nSPS) is 10.4. The van der Waals surface area contributed by atoms with Gasteiger partial charge >= 0.3 is 5.97 Å². The summed E-state index contributed by atoms with van der Waals surface area (Å²) in [4.78, 5) is 11.5. The summed E-state index contributed by atoms with van der Waals surface area (Å²) < 4.78 is 15.7. The highest BCUT2D eigenvalue weighted by molar-refractivity contribution is 5.90. The lowest BCUT2D eigenvalue weighted by Gasteiger charge is -2.05. The van der Waals surface area contributed by atoms with Crippen LogP contribution in [0.15, 0.2) is 34.7 Å². The SMILES string of the molecule is COC(=O)c1cc(COc2ccc(CCO)cc2)oc1C. The average molecular weight is 290 g/mol. The van der Waals surface area contributed by atoms with Crippen molar-refractivity contribution >= 4 is 5.97 Å². The van der Waals surface area contributed by atoms with Crippen LogP contribution in [0.1, 0.15) is 27.4 Å². The first-order valence-electron chi connectivity index (χ1n) is 6.64. The van der Waals surface area contributed by atoms with Gasteiger partial charge in [0.05, 0.1) is 7.11 Å². The van der Waals surface area contributed by atoms with Crippen molar-refractivity contribution in [2.24, 2.45) is 0 Å². The van der Waals surface area contributed by atoms with Crippen LogP contribution >= 0.6 is 0 Å². The van der Waals surface area contributed by atoms with Gasteiger partial charge in [-0.3, -0.25) is 0 Å². The summed E-state index contributed by atoms with van der Waals surface area (Å²) in [5.74, 6) is 1.35. The highest BCUT2D eigenvalue weighted by Gasteiger charge is 2.15. The molecule has 0 spiro atoms. The van der Waals surface area contributed by atoms with E-state index in [4.69, 9.17) is 14.3 Å². The van der Waals surface area contributed by atoms with Gasteiger partial charge in [-0.15, -0.1) is 0 Å². The molecule has 0 aliphatic carbocycles. The minimum atomic E-state index is -0.421. The van der Waals surface area contributed by atoms with Crippen molar-refractivity contribution in [2.75, 3.05) is 13.7 Å². The molecule has 0 saturated carbocycles. The molecule has 0 amide bonds. The molecule has 1 aromatic heterocycles. The number of hydrogen-bond donors (Lipinski definition) is 1. The molecule has 2 aromatic rings. The zero-order chi connectivity index (χ0) is 15.2. The number of carbonyl (C=O) groups is 1. The Bertz CT molecular complexity index is 598. The number of methoxy groups -OCH3 is 1. The molecule has 0 unspecified atom stereocenters. The van der Waals surface area contributed by atoms with E-state index in [0.717, 1.165) is 5.56 Å². The van der Waals surface area contributed by atoms with Crippen LogP contribution in [0.4, 0.5) is 0 Å². The van der Waals surface area contributed by atoms with Crippen LogP contribution in [0.25, 0.3) is 0 Å². The maximum atomic E-state index is 11.5. The van der Waals surface area contributed by atoms with Crippen LogP contribution in [0, 0.1) is 6.92 Å². The predicted molar refractivity (Wildman–Crippen MR) is 76.3 cm³/mol. The van der Waals surface area contributed by atoms with Crippen molar-refractivity contribution in [3.63, 3.8) is 0 Å². The van der Waals surface area contributed by atoms with Gasteiger partial charge in [0.25, 0.3) is 0 Å². The molecule has 112 valence electrons. The minimum absolute atomic E-state index is 0.127. The number of hydrogen-bond acceptors (Lipinski definition) is 5. The molecule has 5 heteroatoms. The Kier molecular flexibility index (Phi) is 5.00. The number of aliphatic hydroxyl groups excluding tert-OH is 1. The van der Waals surface area contributed by atoms with Gasteiger partial charge in [-0.2, -0.15) is 0 Å². The number of ether oxygens (including phenoxy) is 2. The zero-order valence-electron chi connectivity index (χ0n) is 12.1. The van der Waals surface area contributed by atoms with Gasteiger partial charge in [0.2, 0.25) is 0 Å². The maximum absolute atomic E-state index is 11.5. The van der Waals surface area contributed by atoms with Gasteiger partial charge in [-0.1, -0.05) is 12.1 Å². The highest BCUT2D eigenvalue weighted by atomic mass is 16.5. The summed E-state index contributed by atoms with van der Waals surface area (Å²) in [5.41, 5.74) is 1.46. The first-order chi connectivity index (χ1) is 10.1. The summed E-state index contributed by atoms with van der Waals surface area (Å²) in [5, 5.41) is 8.85. The predicted octanol–water partition coefficient (Wildman–Crippen LogP) is 2.49. The number of aliphatic hydroxyl groups is 1. The van der Waals surface area contributed by atoms with Crippen molar-refractivity contribution in [2.45, 2.75) is 20.0 Å². The van der Waals surface area contributed by atoms with Crippen LogP contribution in [0.5, 0.6) is 5.75 Å². The quantitative estimate of drug-likeness (QED) is 0.828. The van der Waals surface area contributed by atoms with Crippen LogP contribution in [0.2, 0.25) is 0 Å². The Morgan fingerprint density at radius 3 is 2.62 bits per heavy atom. The number of benzene rings is 1. The average Bonchev–Trinajstić information content (AvgIpc) is 2.87. The van der Waals surface area contributed by atoms with E-state index in [-0.39, 0.29) is 13.2 Å². The Balaban J connectivity index is 1.98. The number of furan rings is 1. The molecule has 0 aliphatic rings. The van der Waals surface area contributed by atoms with Crippen LogP contribution in [0.3, 0.4) is 0 Å². The summed E-state index contributed by atoms with van der Waals surface area (Å²) in [7, 11) is 1.33. The molecule has 0 bridgehead atoms. The number of carbonyl (C=O) groups excluding carboxylic acids is 1. The van der Waals surface area contributed by atoms with E-state index in [1.807, 2.05) is 24.3 Å². The molecule has 5 nitrogen and oxygen atoms in total. The lowest BCUT2D eigenvalue weighted by molar-refractivity contribution is 0.0599. The third-order valence-electron chi connectivity index (χ3n) is 3.08. The molecular formula is C16H18O5. The lowest BCUT2D eigenvalue weighted by Crippen LogP contribution is -2.00. The van der Waals surface area contributed by atoms with Gasteiger partial charge in [0.1, 0.15) is 29.4 Å². The van der Waals surface area contributed by atoms with E-state index >= 15 is 0 Å². The lowest BCUT2D eigenvalue weighted by atomic mass is 10.1. The minimum Gasteiger partial charge on any atom is -0.486 e. The Hall–Kier alpha value is -2.27. The molecule has 1 N–H and O–H groups in total. The second-order valence-electron chi connectivity index (χ2n) is 4.58. The van der Waals surface area contributed by atoms with Crippen LogP contribution in [-0.2, 0) is 17.8 Å². The van der Waals surface area contributed by atoms with Gasteiger partial charge < -0.3 is 19.0 Å². The first-order valence-corrected chi connectivity index (χ1v) is 6.64. The van der Waals surface area contributed by atoms with E-state index in [9.17, 15) is 4.79 Å². The van der Waals surface area contributed by atoms with Gasteiger partial charge in [-0.25, -0.2) is 4.79 Å². The largest absolute Gasteiger partial charge is 0.486 e. The standard InChI is InChI=1S/C16H18O5/c1-11-15(16(18)19-2)9-14(21-11)10-20-13-5-3-12(4-6-13)7-8-17/h3-6,9,17H,7-8,10H2,1-2H3. The second-order valence-corrected chi connectivity index (χ2v) is 4.58. The monoisotopic (exact) mass is 290 g/mol. The van der Waals surface area contributed by atoms with Gasteiger partial charge in [0.15, 0.2) is 0 Å². The van der Waals surface area contributed by atoms with E-state index in [1.54, 1.807) is 13.0 Å². The summed E-state index contributed by atoms with van der Waals surface area (Å²) in [6.07, 6.45) is 0.625. The van der Waals surface area contributed by atoms with Crippen molar-refractivity contribution in [3.05, 3.63) is 53.0 Å². The number of aryl methyl sites for hydroxylation is 1. The fourth-order valence-corrected chi connectivity index (χ4v) is 1.96. The molecule has 0 fully saturated rings. The topological polar surface area (TPSA) is 68.9 Å². The Morgan fingerprint density at radius 1 is 1.29 bits per heavy atom. The van der Waals surface area contributed by atoms with Gasteiger partial charge in [-0.05, 0) is 37.1 Å². The van der Waals surface area contributed by atoms with Gasteiger partial charge in [0, 0.05) is 6.61 Å². The first kappa shape index (κ1) is 15.1. The fraction of sp³-hybridized carbons (Fsp3) is 0.312. The van der Waals surface area contributed by atoms with Crippen molar-refractivity contribution in [1.82, 2.24) is 0 Å². The van der Waals surface area contributed by atoms with Crippen molar-refractivity contribution in [1.29, 1.82) is 0 Å². The molecule has 0 aliphatic heterocycles. The van der Waals surface area contributed by atoms with Crippen molar-refractivity contribution < 1.29 is 23.8 Å². The molecule has 1 heterocycles. The summed E-state index contributed by atoms with van der Waals surface area (Å²) in [6, 6.07) is 9.10. The molecule has 0 atom stereocenters. The zero-order valence-corrected chi connectivity index (χ0v) is 12.1. The molecular weight excluding hydrogens is 272 g/mol. The summed E-state index contributed by atoms with van der Waals surface area (Å²) in [6.45, 7) is 2.07. The van der Waals surface area contributed by atoms with E-state index in [1.165, 1.54) is 7.11 Å². The Labute approximate surface area is 123 Å². The van der Waals surface area contributed by atoms with E-state index in [2.05, 4.69) is 4.74 Å². The smallest absolute Gasteiger partial charge is 0.341 e. The van der Waals surface area contributed by atoms with E-state index in [0.29, 0.717) is 29.3 Å². The molecule has 0 saturated heterocycles.